The molecule has 0 bridgehead atoms. The van der Waals surface area contributed by atoms with Crippen LogP contribution < -0.4 is 10.6 Å². The molecule has 0 saturated heterocycles. The molecule has 0 aromatic carbocycles. The van der Waals surface area contributed by atoms with Crippen LogP contribution in [-0.4, -0.2) is 18.1 Å². The van der Waals surface area contributed by atoms with Crippen molar-refractivity contribution in [1.82, 2.24) is 4.98 Å². The molecule has 2 rings (SSSR count). The third-order valence-corrected chi connectivity index (χ3v) is 3.71. The van der Waals surface area contributed by atoms with E-state index in [1.165, 1.54) is 24.9 Å². The molecule has 0 radical (unpaired) electrons. The van der Waals surface area contributed by atoms with Crippen molar-refractivity contribution in [3.63, 3.8) is 0 Å². The summed E-state index contributed by atoms with van der Waals surface area (Å²) in [5.74, 6) is 2.73. The lowest BCUT2D eigenvalue weighted by Gasteiger charge is -2.13. The Hall–Kier alpha value is -1.25. The van der Waals surface area contributed by atoms with Crippen molar-refractivity contribution in [2.24, 2.45) is 11.8 Å². The summed E-state index contributed by atoms with van der Waals surface area (Å²) in [4.78, 5) is 4.32. The van der Waals surface area contributed by atoms with E-state index in [1.807, 2.05) is 6.20 Å². The minimum Gasteiger partial charge on any atom is -0.385 e. The van der Waals surface area contributed by atoms with Crippen LogP contribution in [0.15, 0.2) is 18.3 Å². The van der Waals surface area contributed by atoms with E-state index in [9.17, 15) is 0 Å². The van der Waals surface area contributed by atoms with E-state index in [0.717, 1.165) is 37.2 Å². The number of aromatic nitrogens is 1. The van der Waals surface area contributed by atoms with Gasteiger partial charge in [-0.15, -0.1) is 0 Å². The van der Waals surface area contributed by atoms with Gasteiger partial charge in [0.15, 0.2) is 0 Å². The Labute approximate surface area is 110 Å². The quantitative estimate of drug-likeness (QED) is 0.804. The third kappa shape index (κ3) is 3.90. The molecule has 2 unspecified atom stereocenters. The molecule has 3 heteroatoms. The van der Waals surface area contributed by atoms with Crippen LogP contribution in [0.25, 0.3) is 0 Å². The van der Waals surface area contributed by atoms with E-state index < -0.39 is 0 Å². The van der Waals surface area contributed by atoms with Gasteiger partial charge in [0, 0.05) is 31.0 Å². The van der Waals surface area contributed by atoms with Crippen LogP contribution in [0.3, 0.4) is 0 Å². The Morgan fingerprint density at radius 1 is 1.33 bits per heavy atom. The second-order valence-corrected chi connectivity index (χ2v) is 5.52. The van der Waals surface area contributed by atoms with Gasteiger partial charge in [-0.3, -0.25) is 0 Å². The summed E-state index contributed by atoms with van der Waals surface area (Å²) >= 11 is 0. The fraction of sp³-hybridized carbons (Fsp3) is 0.667. The molecule has 1 aromatic rings. The molecule has 1 heterocycles. The molecule has 0 spiro atoms. The number of nitrogens with one attached hydrogen (secondary N) is 2. The first-order valence-electron chi connectivity index (χ1n) is 7.21. The fourth-order valence-corrected chi connectivity index (χ4v) is 2.66. The van der Waals surface area contributed by atoms with Crippen LogP contribution in [0.1, 0.15) is 39.5 Å². The minimum absolute atomic E-state index is 0.847. The number of rotatable bonds is 6. The molecule has 100 valence electrons. The van der Waals surface area contributed by atoms with Crippen molar-refractivity contribution in [3.8, 4) is 0 Å². The molecule has 1 aromatic heterocycles. The molecule has 18 heavy (non-hydrogen) atoms. The topological polar surface area (TPSA) is 37.0 Å². The SMILES string of the molecule is CCCNc1cc(NCC2CCC(C)C2)ccn1. The van der Waals surface area contributed by atoms with E-state index in [4.69, 9.17) is 0 Å². The molecule has 2 N–H and O–H groups in total. The lowest BCUT2D eigenvalue weighted by Crippen LogP contribution is -2.12. The average Bonchev–Trinajstić information content (AvgIpc) is 2.80. The van der Waals surface area contributed by atoms with E-state index in [-0.39, 0.29) is 0 Å². The summed E-state index contributed by atoms with van der Waals surface area (Å²) in [7, 11) is 0. The number of nitrogens with zero attached hydrogens (tertiary/aromatic N) is 1. The monoisotopic (exact) mass is 247 g/mol. The zero-order valence-corrected chi connectivity index (χ0v) is 11.6. The van der Waals surface area contributed by atoms with Gasteiger partial charge in [-0.05, 0) is 37.2 Å². The second kappa shape index (κ2) is 6.62. The minimum atomic E-state index is 0.847. The highest BCUT2D eigenvalue weighted by Crippen LogP contribution is 2.30. The average molecular weight is 247 g/mol. The van der Waals surface area contributed by atoms with Crippen LogP contribution in [0.2, 0.25) is 0 Å². The van der Waals surface area contributed by atoms with Crippen molar-refractivity contribution >= 4 is 11.5 Å². The van der Waals surface area contributed by atoms with Crippen molar-refractivity contribution in [2.45, 2.75) is 39.5 Å². The number of hydrogen-bond donors (Lipinski definition) is 2. The standard InChI is InChI=1S/C15H25N3/c1-3-7-16-15-10-14(6-8-17-15)18-11-13-5-4-12(2)9-13/h6,8,10,12-13H,3-5,7,9,11H2,1-2H3,(H2,16,17,18). The molecular weight excluding hydrogens is 222 g/mol. The van der Waals surface area contributed by atoms with Gasteiger partial charge in [-0.2, -0.15) is 0 Å². The fourth-order valence-electron chi connectivity index (χ4n) is 2.66. The lowest BCUT2D eigenvalue weighted by atomic mass is 10.1. The van der Waals surface area contributed by atoms with Crippen LogP contribution in [0, 0.1) is 11.8 Å². The zero-order chi connectivity index (χ0) is 12.8. The van der Waals surface area contributed by atoms with Crippen LogP contribution in [-0.2, 0) is 0 Å². The normalized spacial score (nSPS) is 23.0. The highest BCUT2D eigenvalue weighted by atomic mass is 15.0. The van der Waals surface area contributed by atoms with Gasteiger partial charge in [-0.25, -0.2) is 4.98 Å². The second-order valence-electron chi connectivity index (χ2n) is 5.52. The summed E-state index contributed by atoms with van der Waals surface area (Å²) in [6, 6.07) is 4.16. The van der Waals surface area contributed by atoms with Gasteiger partial charge in [0.05, 0.1) is 0 Å². The van der Waals surface area contributed by atoms with Crippen LogP contribution in [0.4, 0.5) is 11.5 Å². The van der Waals surface area contributed by atoms with Gasteiger partial charge >= 0.3 is 0 Å². The summed E-state index contributed by atoms with van der Waals surface area (Å²) in [5, 5.41) is 6.86. The Morgan fingerprint density at radius 2 is 2.22 bits per heavy atom. The molecular formula is C15H25N3. The molecule has 1 fully saturated rings. The predicted molar refractivity (Wildman–Crippen MR) is 78.0 cm³/mol. The van der Waals surface area contributed by atoms with Gasteiger partial charge in [0.2, 0.25) is 0 Å². The predicted octanol–water partition coefficient (Wildman–Crippen LogP) is 3.75. The first-order valence-corrected chi connectivity index (χ1v) is 7.21. The van der Waals surface area contributed by atoms with Crippen LogP contribution >= 0.6 is 0 Å². The Morgan fingerprint density at radius 3 is 2.94 bits per heavy atom. The third-order valence-electron chi connectivity index (χ3n) is 3.71. The molecule has 0 aliphatic heterocycles. The van der Waals surface area contributed by atoms with Crippen molar-refractivity contribution in [1.29, 1.82) is 0 Å². The molecule has 0 amide bonds. The number of anilines is 2. The van der Waals surface area contributed by atoms with E-state index >= 15 is 0 Å². The molecule has 1 aliphatic rings. The highest BCUT2D eigenvalue weighted by Gasteiger charge is 2.20. The van der Waals surface area contributed by atoms with E-state index in [1.54, 1.807) is 0 Å². The number of hydrogen-bond acceptors (Lipinski definition) is 3. The van der Waals surface area contributed by atoms with E-state index in [2.05, 4.69) is 41.6 Å². The van der Waals surface area contributed by atoms with Crippen molar-refractivity contribution in [2.75, 3.05) is 23.7 Å². The lowest BCUT2D eigenvalue weighted by molar-refractivity contribution is 0.537. The Balaban J connectivity index is 1.81. The van der Waals surface area contributed by atoms with E-state index in [0.29, 0.717) is 0 Å². The summed E-state index contributed by atoms with van der Waals surface area (Å²) in [6.07, 6.45) is 7.14. The van der Waals surface area contributed by atoms with Gasteiger partial charge in [-0.1, -0.05) is 20.3 Å². The maximum Gasteiger partial charge on any atom is 0.127 e. The first kappa shape index (κ1) is 13.2. The Bertz CT molecular complexity index is 365. The maximum absolute atomic E-state index is 4.32. The Kier molecular flexibility index (Phi) is 4.85. The first-order chi connectivity index (χ1) is 8.78. The highest BCUT2D eigenvalue weighted by molar-refractivity contribution is 5.51. The molecule has 1 aliphatic carbocycles. The molecule has 3 nitrogen and oxygen atoms in total. The van der Waals surface area contributed by atoms with Crippen LogP contribution in [0.5, 0.6) is 0 Å². The van der Waals surface area contributed by atoms with Crippen molar-refractivity contribution in [3.05, 3.63) is 18.3 Å². The maximum atomic E-state index is 4.32. The summed E-state index contributed by atoms with van der Waals surface area (Å²) in [6.45, 7) is 6.60. The van der Waals surface area contributed by atoms with Gasteiger partial charge < -0.3 is 10.6 Å². The van der Waals surface area contributed by atoms with Gasteiger partial charge in [0.1, 0.15) is 5.82 Å². The van der Waals surface area contributed by atoms with Gasteiger partial charge in [0.25, 0.3) is 0 Å². The van der Waals surface area contributed by atoms with Crippen molar-refractivity contribution < 1.29 is 0 Å². The largest absolute Gasteiger partial charge is 0.385 e. The number of pyridine rings is 1. The zero-order valence-electron chi connectivity index (χ0n) is 11.6. The molecule has 2 atom stereocenters. The summed E-state index contributed by atoms with van der Waals surface area (Å²) < 4.78 is 0. The molecule has 1 saturated carbocycles. The smallest absolute Gasteiger partial charge is 0.127 e. The summed E-state index contributed by atoms with van der Waals surface area (Å²) in [5.41, 5.74) is 1.18.